The summed E-state index contributed by atoms with van der Waals surface area (Å²) in [7, 11) is 5.39. The highest BCUT2D eigenvalue weighted by molar-refractivity contribution is 6.00. The lowest BCUT2D eigenvalue weighted by Crippen LogP contribution is -2.61. The van der Waals surface area contributed by atoms with Crippen LogP contribution >= 0.6 is 0 Å². The number of nitrogens with one attached hydrogen (secondary N) is 1. The SMILES string of the molecule is CC[C@H]1OC(=O)[C@H](C)C(=O)[C@H](C)[C@@H](O[C@@H]2OC(C)CC(N(C)C)C2O)[C@](C)(OC)C[C@@H](C)CN[C@H](C)[C@H]2N(CCCCn3cc(-c4cccnn4)nn3)C(=O)O[C@]12C. The van der Waals surface area contributed by atoms with E-state index < -0.39 is 71.5 Å². The molecule has 3 aliphatic heterocycles. The van der Waals surface area contributed by atoms with Crippen LogP contribution < -0.4 is 5.32 Å². The molecule has 2 N–H and O–H groups in total. The van der Waals surface area contributed by atoms with E-state index in [0.29, 0.717) is 63.1 Å². The van der Waals surface area contributed by atoms with Crippen molar-refractivity contribution in [2.75, 3.05) is 34.3 Å². The minimum absolute atomic E-state index is 0.0129. The number of unbranched alkanes of at least 4 members (excludes halogenated alkanes) is 1. The Morgan fingerprint density at radius 3 is 2.43 bits per heavy atom. The number of ketones is 1. The summed E-state index contributed by atoms with van der Waals surface area (Å²) in [6.07, 6.45) is 1.71. The standard InChI is InChI=1S/C41H66N8O9/c1-12-32-41(8)35(49(39(53)58-41)19-14-13-18-48-23-30(45-46-48)29-16-15-17-43-44-29)28(6)42-22-24(2)21-40(7,54-11)36(26(4)33(50)27(5)37(52)56-32)57-38-34(51)31(47(9)10)20-25(3)55-38/h15-17,23-28,31-32,34-36,38,42,51H,12-14,18-22H2,1-11H3/t24-,25?,26+,27-,28-,31?,32-,34?,35-,36-,38+,40-,41-/m1/s1. The molecule has 0 radical (unpaired) electrons. The van der Waals surface area contributed by atoms with Crippen molar-refractivity contribution >= 4 is 17.8 Å². The molecule has 3 aliphatic rings. The maximum atomic E-state index is 14.4. The Morgan fingerprint density at radius 2 is 1.78 bits per heavy atom. The van der Waals surface area contributed by atoms with Crippen molar-refractivity contribution in [3.8, 4) is 11.4 Å². The average molecular weight is 815 g/mol. The summed E-state index contributed by atoms with van der Waals surface area (Å²) in [5, 5.41) is 31.6. The molecule has 3 fully saturated rings. The van der Waals surface area contributed by atoms with Gasteiger partial charge in [-0.15, -0.1) is 10.2 Å². The Labute approximate surface area is 342 Å². The lowest BCUT2D eigenvalue weighted by molar-refractivity contribution is -0.295. The zero-order chi connectivity index (χ0) is 42.5. The second kappa shape index (κ2) is 19.2. The maximum absolute atomic E-state index is 14.4. The molecule has 17 nitrogen and oxygen atoms in total. The van der Waals surface area contributed by atoms with Crippen LogP contribution in [0.2, 0.25) is 0 Å². The molecule has 3 unspecified atom stereocenters. The third kappa shape index (κ3) is 9.87. The van der Waals surface area contributed by atoms with E-state index in [0.717, 1.165) is 0 Å². The van der Waals surface area contributed by atoms with Crippen molar-refractivity contribution in [1.82, 2.24) is 40.3 Å². The third-order valence-corrected chi connectivity index (χ3v) is 12.5. The first-order chi connectivity index (χ1) is 27.4. The normalized spacial score (nSPS) is 36.9. The topological polar surface area (TPSA) is 193 Å². The number of Topliss-reactive ketones (excluding diaryl/α,β-unsaturated/α-hetero) is 1. The van der Waals surface area contributed by atoms with Crippen molar-refractivity contribution in [3.63, 3.8) is 0 Å². The average Bonchev–Trinajstić information content (AvgIpc) is 3.77. The summed E-state index contributed by atoms with van der Waals surface area (Å²) in [4.78, 5) is 45.8. The molecular formula is C41H66N8O9. The van der Waals surface area contributed by atoms with Gasteiger partial charge in [-0.25, -0.2) is 4.79 Å². The Balaban J connectivity index is 1.38. The molecule has 0 aromatic carbocycles. The van der Waals surface area contributed by atoms with Crippen LogP contribution in [-0.4, -0.2) is 152 Å². The highest BCUT2D eigenvalue weighted by Crippen LogP contribution is 2.40. The van der Waals surface area contributed by atoms with E-state index in [-0.39, 0.29) is 24.1 Å². The number of nitrogens with zero attached hydrogens (tertiary/aromatic N) is 7. The van der Waals surface area contributed by atoms with Gasteiger partial charge in [0.2, 0.25) is 0 Å². The number of rotatable bonds is 11. The van der Waals surface area contributed by atoms with Gasteiger partial charge in [-0.2, -0.15) is 5.10 Å². The van der Waals surface area contributed by atoms with Gasteiger partial charge in [0.05, 0.1) is 30.0 Å². The fraction of sp³-hybridized carbons (Fsp3) is 0.780. The van der Waals surface area contributed by atoms with Crippen molar-refractivity contribution in [3.05, 3.63) is 24.5 Å². The van der Waals surface area contributed by atoms with Gasteiger partial charge in [0.15, 0.2) is 17.7 Å². The van der Waals surface area contributed by atoms with Gasteiger partial charge in [-0.3, -0.25) is 19.2 Å². The lowest BCUT2D eigenvalue weighted by Gasteiger charge is -2.46. The summed E-state index contributed by atoms with van der Waals surface area (Å²) in [6, 6.07) is 2.57. The number of amides is 1. The first kappa shape index (κ1) is 45.5. The number of carbonyl (C=O) groups excluding carboxylic acids is 3. The van der Waals surface area contributed by atoms with E-state index in [9.17, 15) is 19.5 Å². The molecule has 0 aliphatic carbocycles. The zero-order valence-electron chi connectivity index (χ0n) is 36.2. The Hall–Kier alpha value is -3.61. The van der Waals surface area contributed by atoms with E-state index in [4.69, 9.17) is 23.7 Å². The number of ether oxygens (including phenoxy) is 5. The number of aryl methyl sites for hydroxylation is 1. The number of esters is 1. The van der Waals surface area contributed by atoms with Gasteiger partial charge in [0.1, 0.15) is 29.5 Å². The molecule has 3 saturated heterocycles. The van der Waals surface area contributed by atoms with Crippen LogP contribution in [0.4, 0.5) is 4.79 Å². The van der Waals surface area contributed by atoms with Gasteiger partial charge in [-0.05, 0) is 105 Å². The van der Waals surface area contributed by atoms with Crippen molar-refractivity contribution in [2.45, 2.75) is 154 Å². The molecule has 2 aromatic rings. The largest absolute Gasteiger partial charge is 0.458 e. The zero-order valence-corrected chi connectivity index (χ0v) is 36.2. The number of carbonyl (C=O) groups is 3. The predicted octanol–water partition coefficient (Wildman–Crippen LogP) is 3.49. The summed E-state index contributed by atoms with van der Waals surface area (Å²) in [5.41, 5.74) is -1.02. The molecule has 17 heteroatoms. The van der Waals surface area contributed by atoms with E-state index >= 15 is 0 Å². The minimum atomic E-state index is -1.23. The number of likely N-dealkylation sites (N-methyl/N-ethyl adjacent to an activating group) is 1. The molecule has 1 amide bonds. The summed E-state index contributed by atoms with van der Waals surface area (Å²) in [6.45, 7) is 16.4. The Bertz CT molecular complexity index is 1680. The molecule has 5 heterocycles. The maximum Gasteiger partial charge on any atom is 0.410 e. The van der Waals surface area contributed by atoms with Crippen LogP contribution in [0, 0.1) is 17.8 Å². The van der Waals surface area contributed by atoms with E-state index in [1.165, 1.54) is 6.92 Å². The number of cyclic esters (lactones) is 1. The van der Waals surface area contributed by atoms with Gasteiger partial charge < -0.3 is 39.0 Å². The fourth-order valence-corrected chi connectivity index (χ4v) is 9.18. The van der Waals surface area contributed by atoms with Crippen molar-refractivity contribution in [1.29, 1.82) is 0 Å². The van der Waals surface area contributed by atoms with Gasteiger partial charge in [0.25, 0.3) is 0 Å². The van der Waals surface area contributed by atoms with Crippen LogP contribution in [0.1, 0.15) is 87.5 Å². The molecule has 0 saturated carbocycles. The molecule has 58 heavy (non-hydrogen) atoms. The highest BCUT2D eigenvalue weighted by Gasteiger charge is 2.58. The van der Waals surface area contributed by atoms with Crippen LogP contribution in [-0.2, 0) is 39.8 Å². The van der Waals surface area contributed by atoms with Crippen molar-refractivity contribution in [2.24, 2.45) is 17.8 Å². The Morgan fingerprint density at radius 1 is 1.05 bits per heavy atom. The first-order valence-corrected chi connectivity index (χ1v) is 20.8. The van der Waals surface area contributed by atoms with Crippen LogP contribution in [0.5, 0.6) is 0 Å². The number of aliphatic hydroxyl groups is 1. The third-order valence-electron chi connectivity index (χ3n) is 12.5. The molecule has 13 atom stereocenters. The monoisotopic (exact) mass is 814 g/mol. The summed E-state index contributed by atoms with van der Waals surface area (Å²) >= 11 is 0. The first-order valence-electron chi connectivity index (χ1n) is 20.8. The number of fused-ring (bicyclic) bond motifs is 1. The molecule has 0 bridgehead atoms. The van der Waals surface area contributed by atoms with E-state index in [1.807, 2.05) is 65.9 Å². The highest BCUT2D eigenvalue weighted by atomic mass is 16.7. The van der Waals surface area contributed by atoms with Crippen LogP contribution in [0.25, 0.3) is 11.4 Å². The van der Waals surface area contributed by atoms with Gasteiger partial charge in [0, 0.05) is 44.4 Å². The summed E-state index contributed by atoms with van der Waals surface area (Å²) in [5.74, 6) is -3.17. The molecule has 5 rings (SSSR count). The van der Waals surface area contributed by atoms with Gasteiger partial charge in [-0.1, -0.05) is 26.0 Å². The number of hydrogen-bond acceptors (Lipinski definition) is 15. The molecule has 2 aromatic heterocycles. The minimum Gasteiger partial charge on any atom is -0.458 e. The van der Waals surface area contributed by atoms with E-state index in [1.54, 1.807) is 35.9 Å². The molecule has 0 spiro atoms. The van der Waals surface area contributed by atoms with Crippen LogP contribution in [0.15, 0.2) is 24.5 Å². The summed E-state index contributed by atoms with van der Waals surface area (Å²) < 4.78 is 33.2. The lowest BCUT2D eigenvalue weighted by atomic mass is 9.78. The number of hydrogen-bond donors (Lipinski definition) is 2. The number of methoxy groups -OCH3 is 1. The quantitative estimate of drug-likeness (QED) is 0.190. The number of aromatic nitrogens is 5. The predicted molar refractivity (Wildman–Crippen MR) is 213 cm³/mol. The smallest absolute Gasteiger partial charge is 0.410 e. The second-order valence-corrected chi connectivity index (χ2v) is 17.3. The van der Waals surface area contributed by atoms with Crippen molar-refractivity contribution < 1.29 is 43.2 Å². The van der Waals surface area contributed by atoms with E-state index in [2.05, 4.69) is 32.7 Å². The number of aliphatic hydroxyl groups excluding tert-OH is 1. The van der Waals surface area contributed by atoms with Crippen LogP contribution in [0.3, 0.4) is 0 Å². The Kier molecular flexibility index (Phi) is 15.0. The van der Waals surface area contributed by atoms with Gasteiger partial charge >= 0.3 is 12.1 Å². The molecule has 324 valence electrons. The molecular weight excluding hydrogens is 748 g/mol. The fourth-order valence-electron chi connectivity index (χ4n) is 9.18. The second-order valence-electron chi connectivity index (χ2n) is 17.3.